The van der Waals surface area contributed by atoms with Gasteiger partial charge < -0.3 is 14.8 Å². The Morgan fingerprint density at radius 2 is 2.17 bits per heavy atom. The molecule has 1 N–H and O–H groups in total. The predicted octanol–water partition coefficient (Wildman–Crippen LogP) is 2.25. The maximum atomic E-state index is 12.9. The number of amides is 1. The van der Waals surface area contributed by atoms with Crippen molar-refractivity contribution < 1.29 is 4.79 Å². The number of rotatable bonds is 5. The molecular weight excluding hydrogens is 320 g/mol. The summed E-state index contributed by atoms with van der Waals surface area (Å²) in [4.78, 5) is 25.7. The van der Waals surface area contributed by atoms with Gasteiger partial charge in [-0.3, -0.25) is 4.79 Å². The molecule has 1 aromatic heterocycles. The number of likely N-dealkylation sites (tertiary alicyclic amines) is 1. The number of carbonyl (C=O) groups is 1. The maximum Gasteiger partial charge on any atom is 0.226 e. The minimum atomic E-state index is -0.150. The van der Waals surface area contributed by atoms with Crippen LogP contribution in [-0.2, 0) is 16.8 Å². The second-order valence-corrected chi connectivity index (χ2v) is 8.45. The van der Waals surface area contributed by atoms with Gasteiger partial charge in [0.25, 0.3) is 0 Å². The number of H-pyrrole nitrogens is 1. The summed E-state index contributed by atoms with van der Waals surface area (Å²) in [6.45, 7) is 4.20. The fourth-order valence-corrected chi connectivity index (χ4v) is 4.85. The van der Waals surface area contributed by atoms with Gasteiger partial charge in [-0.25, -0.2) is 4.98 Å². The van der Waals surface area contributed by atoms with Crippen molar-refractivity contribution in [3.8, 4) is 0 Å². The predicted molar refractivity (Wildman–Crippen MR) is 97.1 cm³/mol. The third kappa shape index (κ3) is 2.88. The zero-order chi connectivity index (χ0) is 16.6. The summed E-state index contributed by atoms with van der Waals surface area (Å²) >= 11 is 1.92. The standard InChI is InChI=1S/C18H28N4OS/c1-24-12-2-8-21-10-6-18(7-11-21)16-15(19-13-20-16)5-9-22(18)17(23)14-3-4-14/h13-14H,2-12H2,1H3,(H,19,20). The first kappa shape index (κ1) is 16.5. The lowest BCUT2D eigenvalue weighted by Gasteiger charge is -2.50. The quantitative estimate of drug-likeness (QED) is 0.829. The first-order valence-corrected chi connectivity index (χ1v) is 10.7. The summed E-state index contributed by atoms with van der Waals surface area (Å²) in [6, 6.07) is 0. The maximum absolute atomic E-state index is 12.9. The number of hydrogen-bond donors (Lipinski definition) is 1. The fraction of sp³-hybridized carbons (Fsp3) is 0.778. The van der Waals surface area contributed by atoms with Crippen LogP contribution in [0.3, 0.4) is 0 Å². The SMILES string of the molecule is CSCCCN1CCC2(CC1)c1nc[nH]c1CCN2C(=O)C1CC1. The van der Waals surface area contributed by atoms with Crippen LogP contribution in [0, 0.1) is 5.92 Å². The van der Waals surface area contributed by atoms with Crippen LogP contribution in [0.2, 0.25) is 0 Å². The summed E-state index contributed by atoms with van der Waals surface area (Å²) in [5, 5.41) is 0. The molecule has 4 rings (SSSR count). The molecule has 0 unspecified atom stereocenters. The Morgan fingerprint density at radius 1 is 1.38 bits per heavy atom. The summed E-state index contributed by atoms with van der Waals surface area (Å²) in [5.41, 5.74) is 2.26. The number of carbonyl (C=O) groups excluding carboxylic acids is 1. The summed E-state index contributed by atoms with van der Waals surface area (Å²) in [6.07, 6.45) is 10.4. The molecule has 24 heavy (non-hydrogen) atoms. The summed E-state index contributed by atoms with van der Waals surface area (Å²) in [5.74, 6) is 1.92. The molecule has 3 heterocycles. The zero-order valence-electron chi connectivity index (χ0n) is 14.6. The van der Waals surface area contributed by atoms with Crippen LogP contribution in [0.25, 0.3) is 0 Å². The van der Waals surface area contributed by atoms with Crippen molar-refractivity contribution in [2.24, 2.45) is 5.92 Å². The van der Waals surface area contributed by atoms with Gasteiger partial charge in [0.05, 0.1) is 17.6 Å². The van der Waals surface area contributed by atoms with E-state index in [0.29, 0.717) is 11.8 Å². The topological polar surface area (TPSA) is 52.2 Å². The van der Waals surface area contributed by atoms with Gasteiger partial charge in [-0.2, -0.15) is 11.8 Å². The highest BCUT2D eigenvalue weighted by molar-refractivity contribution is 7.98. The van der Waals surface area contributed by atoms with E-state index in [9.17, 15) is 4.79 Å². The second kappa shape index (κ2) is 6.71. The Hall–Kier alpha value is -1.01. The lowest BCUT2D eigenvalue weighted by Crippen LogP contribution is -2.58. The van der Waals surface area contributed by atoms with E-state index < -0.39 is 0 Å². The largest absolute Gasteiger partial charge is 0.348 e. The van der Waals surface area contributed by atoms with Gasteiger partial charge in [0.15, 0.2) is 0 Å². The van der Waals surface area contributed by atoms with E-state index in [2.05, 4.69) is 26.0 Å². The molecule has 1 aliphatic carbocycles. The van der Waals surface area contributed by atoms with Crippen molar-refractivity contribution in [2.75, 3.05) is 38.2 Å². The van der Waals surface area contributed by atoms with Gasteiger partial charge in [-0.15, -0.1) is 0 Å². The van der Waals surface area contributed by atoms with Crippen molar-refractivity contribution in [3.63, 3.8) is 0 Å². The molecule has 2 aliphatic heterocycles. The van der Waals surface area contributed by atoms with Crippen LogP contribution in [0.5, 0.6) is 0 Å². The monoisotopic (exact) mass is 348 g/mol. The van der Waals surface area contributed by atoms with Crippen molar-refractivity contribution >= 4 is 17.7 Å². The van der Waals surface area contributed by atoms with Crippen LogP contribution < -0.4 is 0 Å². The molecule has 3 aliphatic rings. The first-order chi connectivity index (χ1) is 11.7. The molecule has 1 saturated carbocycles. The fourth-order valence-electron chi connectivity index (χ4n) is 4.44. The molecular formula is C18H28N4OS. The summed E-state index contributed by atoms with van der Waals surface area (Å²) < 4.78 is 0. The van der Waals surface area contributed by atoms with E-state index in [1.807, 2.05) is 18.1 Å². The number of fused-ring (bicyclic) bond motifs is 2. The van der Waals surface area contributed by atoms with Crippen LogP contribution in [0.15, 0.2) is 6.33 Å². The van der Waals surface area contributed by atoms with E-state index in [0.717, 1.165) is 57.4 Å². The Kier molecular flexibility index (Phi) is 4.60. The number of nitrogens with zero attached hydrogens (tertiary/aromatic N) is 3. The lowest BCUT2D eigenvalue weighted by molar-refractivity contribution is -0.143. The van der Waals surface area contributed by atoms with Gasteiger partial charge in [0, 0.05) is 37.7 Å². The van der Waals surface area contributed by atoms with Crippen LogP contribution >= 0.6 is 11.8 Å². The molecule has 5 nitrogen and oxygen atoms in total. The Labute approximate surface area is 148 Å². The van der Waals surface area contributed by atoms with Crippen molar-refractivity contribution in [1.82, 2.24) is 19.8 Å². The van der Waals surface area contributed by atoms with Gasteiger partial charge in [0.1, 0.15) is 0 Å². The van der Waals surface area contributed by atoms with E-state index in [4.69, 9.17) is 0 Å². The zero-order valence-corrected chi connectivity index (χ0v) is 15.4. The Balaban J connectivity index is 1.53. The third-order valence-corrected chi connectivity index (χ3v) is 6.66. The number of piperidine rings is 1. The Bertz CT molecular complexity index is 590. The first-order valence-electron chi connectivity index (χ1n) is 9.30. The average Bonchev–Trinajstić information content (AvgIpc) is 3.34. The molecule has 1 spiro atoms. The number of aromatic amines is 1. The van der Waals surface area contributed by atoms with E-state index in [-0.39, 0.29) is 5.54 Å². The number of nitrogens with one attached hydrogen (secondary N) is 1. The Morgan fingerprint density at radius 3 is 2.88 bits per heavy atom. The minimum Gasteiger partial charge on any atom is -0.348 e. The van der Waals surface area contributed by atoms with Crippen molar-refractivity contribution in [2.45, 2.75) is 44.1 Å². The van der Waals surface area contributed by atoms with E-state index >= 15 is 0 Å². The molecule has 0 radical (unpaired) electrons. The number of imidazole rings is 1. The van der Waals surface area contributed by atoms with Crippen LogP contribution in [-0.4, -0.2) is 63.9 Å². The van der Waals surface area contributed by atoms with Gasteiger partial charge in [-0.05, 0) is 50.7 Å². The molecule has 2 fully saturated rings. The second-order valence-electron chi connectivity index (χ2n) is 7.46. The highest BCUT2D eigenvalue weighted by atomic mass is 32.2. The molecule has 6 heteroatoms. The summed E-state index contributed by atoms with van der Waals surface area (Å²) in [7, 11) is 0. The third-order valence-electron chi connectivity index (χ3n) is 5.96. The van der Waals surface area contributed by atoms with Gasteiger partial charge in [-0.1, -0.05) is 0 Å². The molecule has 0 aromatic carbocycles. The lowest BCUT2D eigenvalue weighted by atomic mass is 9.78. The molecule has 0 bridgehead atoms. The molecule has 1 amide bonds. The smallest absolute Gasteiger partial charge is 0.226 e. The van der Waals surface area contributed by atoms with Gasteiger partial charge in [0.2, 0.25) is 5.91 Å². The minimum absolute atomic E-state index is 0.150. The van der Waals surface area contributed by atoms with Gasteiger partial charge >= 0.3 is 0 Å². The van der Waals surface area contributed by atoms with Crippen molar-refractivity contribution in [1.29, 1.82) is 0 Å². The van der Waals surface area contributed by atoms with Crippen molar-refractivity contribution in [3.05, 3.63) is 17.7 Å². The molecule has 1 saturated heterocycles. The normalized spacial score (nSPS) is 23.5. The van der Waals surface area contributed by atoms with Crippen LogP contribution in [0.1, 0.15) is 43.5 Å². The highest BCUT2D eigenvalue weighted by Crippen LogP contribution is 2.45. The van der Waals surface area contributed by atoms with Crippen LogP contribution in [0.4, 0.5) is 0 Å². The number of thioether (sulfide) groups is 1. The van der Waals surface area contributed by atoms with E-state index in [1.165, 1.54) is 24.4 Å². The average molecular weight is 349 g/mol. The molecule has 1 aromatic rings. The number of aromatic nitrogens is 2. The number of hydrogen-bond acceptors (Lipinski definition) is 4. The highest BCUT2D eigenvalue weighted by Gasteiger charge is 2.50. The molecule has 0 atom stereocenters. The van der Waals surface area contributed by atoms with E-state index in [1.54, 1.807) is 0 Å². The molecule has 132 valence electrons.